The molecule has 3 aromatic rings. The highest BCUT2D eigenvalue weighted by Gasteiger charge is 2.29. The van der Waals surface area contributed by atoms with Crippen molar-refractivity contribution in [2.24, 2.45) is 5.73 Å². The number of nitrogens with one attached hydrogen (secondary N) is 1. The van der Waals surface area contributed by atoms with Crippen molar-refractivity contribution in [3.63, 3.8) is 0 Å². The fourth-order valence-electron chi connectivity index (χ4n) is 4.82. The monoisotopic (exact) mass is 523 g/mol. The first-order valence-electron chi connectivity index (χ1n) is 12.1. The Kier molecular flexibility index (Phi) is 7.65. The number of benzene rings is 2. The van der Waals surface area contributed by atoms with Crippen LogP contribution in [0.15, 0.2) is 35.1 Å². The second kappa shape index (κ2) is 10.9. The van der Waals surface area contributed by atoms with Crippen LogP contribution in [0.4, 0.5) is 16.3 Å². The standard InChI is InChI=1S/C27H33N5O6/c1-15-9-22(37-5)25(23(10-15)38-6)32(16(2)14-29-26(28)33)24-13-19-18-12-21(36-4)20(35-3)11-17(18)7-8-31(19)27(34)30-24/h9-13,16H,7-8,14H2,1-6H3,(H3,28,29,33). The summed E-state index contributed by atoms with van der Waals surface area (Å²) in [5.74, 6) is 2.60. The summed E-state index contributed by atoms with van der Waals surface area (Å²) in [4.78, 5) is 31.2. The Hall–Kier alpha value is -4.41. The first-order chi connectivity index (χ1) is 18.2. The molecule has 0 fully saturated rings. The van der Waals surface area contributed by atoms with E-state index in [4.69, 9.17) is 24.7 Å². The van der Waals surface area contributed by atoms with Gasteiger partial charge in [-0.25, -0.2) is 9.59 Å². The molecule has 3 N–H and O–H groups in total. The summed E-state index contributed by atoms with van der Waals surface area (Å²) in [5.41, 5.74) is 9.02. The SMILES string of the molecule is COc1cc2c(cc1OC)-c1cc(N(c3c(OC)cc(C)cc3OC)C(C)CNC(N)=O)nc(=O)n1CC2. The van der Waals surface area contributed by atoms with Gasteiger partial charge in [0.15, 0.2) is 11.5 Å². The quantitative estimate of drug-likeness (QED) is 0.438. The number of anilines is 2. The Bertz CT molecular complexity index is 1390. The van der Waals surface area contributed by atoms with Crippen LogP contribution in [0.3, 0.4) is 0 Å². The smallest absolute Gasteiger partial charge is 0.350 e. The van der Waals surface area contributed by atoms with Crippen molar-refractivity contribution in [1.82, 2.24) is 14.9 Å². The largest absolute Gasteiger partial charge is 0.494 e. The molecule has 11 heteroatoms. The molecule has 4 rings (SSSR count). The minimum absolute atomic E-state index is 0.178. The van der Waals surface area contributed by atoms with Gasteiger partial charge < -0.3 is 34.9 Å². The molecule has 38 heavy (non-hydrogen) atoms. The van der Waals surface area contributed by atoms with Crippen LogP contribution in [0.25, 0.3) is 11.3 Å². The number of primary amides is 1. The van der Waals surface area contributed by atoms with Crippen molar-refractivity contribution in [2.45, 2.75) is 32.9 Å². The van der Waals surface area contributed by atoms with E-state index in [9.17, 15) is 9.59 Å². The summed E-state index contributed by atoms with van der Waals surface area (Å²) < 4.78 is 24.1. The zero-order valence-corrected chi connectivity index (χ0v) is 22.5. The van der Waals surface area contributed by atoms with Crippen molar-refractivity contribution in [2.75, 3.05) is 39.9 Å². The molecule has 0 bridgehead atoms. The number of rotatable bonds is 9. The molecule has 0 aliphatic carbocycles. The third kappa shape index (κ3) is 4.91. The lowest BCUT2D eigenvalue weighted by Crippen LogP contribution is -2.43. The first-order valence-corrected chi connectivity index (χ1v) is 12.1. The van der Waals surface area contributed by atoms with Crippen LogP contribution in [-0.4, -0.2) is 56.6 Å². The summed E-state index contributed by atoms with van der Waals surface area (Å²) in [5, 5.41) is 2.65. The van der Waals surface area contributed by atoms with E-state index in [0.29, 0.717) is 53.2 Å². The number of amides is 2. The molecule has 1 unspecified atom stereocenters. The van der Waals surface area contributed by atoms with Crippen LogP contribution in [0.5, 0.6) is 23.0 Å². The Morgan fingerprint density at radius 1 is 1.03 bits per heavy atom. The third-order valence-electron chi connectivity index (χ3n) is 6.61. The average molecular weight is 524 g/mol. The van der Waals surface area contributed by atoms with E-state index in [-0.39, 0.29) is 6.54 Å². The fraction of sp³-hybridized carbons (Fsp3) is 0.370. The Morgan fingerprint density at radius 2 is 1.63 bits per heavy atom. The number of carbonyl (C=O) groups is 1. The van der Waals surface area contributed by atoms with E-state index in [2.05, 4.69) is 10.3 Å². The number of aryl methyl sites for hydroxylation is 2. The molecule has 1 aliphatic rings. The minimum Gasteiger partial charge on any atom is -0.494 e. The predicted molar refractivity (Wildman–Crippen MR) is 144 cm³/mol. The molecule has 202 valence electrons. The van der Waals surface area contributed by atoms with Crippen molar-refractivity contribution in [3.05, 3.63) is 51.9 Å². The lowest BCUT2D eigenvalue weighted by atomic mass is 9.96. The lowest BCUT2D eigenvalue weighted by molar-refractivity contribution is 0.248. The summed E-state index contributed by atoms with van der Waals surface area (Å²) in [6.45, 7) is 4.46. The fourth-order valence-corrected chi connectivity index (χ4v) is 4.82. The number of methoxy groups -OCH3 is 4. The van der Waals surface area contributed by atoms with E-state index in [1.54, 1.807) is 33.0 Å². The molecule has 0 radical (unpaired) electrons. The first kappa shape index (κ1) is 26.6. The third-order valence-corrected chi connectivity index (χ3v) is 6.61. The van der Waals surface area contributed by atoms with Crippen LogP contribution in [0.2, 0.25) is 0 Å². The molecule has 2 aromatic carbocycles. The number of fused-ring (bicyclic) bond motifs is 3. The molecular weight excluding hydrogens is 490 g/mol. The normalized spacial score (nSPS) is 12.6. The molecule has 11 nitrogen and oxygen atoms in total. The van der Waals surface area contributed by atoms with Crippen molar-refractivity contribution in [1.29, 1.82) is 0 Å². The van der Waals surface area contributed by atoms with Crippen molar-refractivity contribution in [3.8, 4) is 34.3 Å². The topological polar surface area (TPSA) is 130 Å². The van der Waals surface area contributed by atoms with Crippen LogP contribution < -0.4 is 40.6 Å². The number of nitrogens with zero attached hydrogens (tertiary/aromatic N) is 3. The van der Waals surface area contributed by atoms with E-state index in [1.165, 1.54) is 0 Å². The molecule has 1 aliphatic heterocycles. The van der Waals surface area contributed by atoms with E-state index < -0.39 is 17.8 Å². The Balaban J connectivity index is 1.96. The van der Waals surface area contributed by atoms with Gasteiger partial charge in [-0.15, -0.1) is 0 Å². The van der Waals surface area contributed by atoms with Gasteiger partial charge in [-0.05, 0) is 55.7 Å². The maximum Gasteiger partial charge on any atom is 0.350 e. The second-order valence-electron chi connectivity index (χ2n) is 9.03. The number of urea groups is 1. The molecule has 0 spiro atoms. The van der Waals surface area contributed by atoms with Gasteiger partial charge in [-0.1, -0.05) is 0 Å². The molecule has 1 atom stereocenters. The highest BCUT2D eigenvalue weighted by molar-refractivity contribution is 5.79. The van der Waals surface area contributed by atoms with Gasteiger partial charge in [0, 0.05) is 24.7 Å². The Labute approximate surface area is 221 Å². The molecule has 1 aromatic heterocycles. The van der Waals surface area contributed by atoms with Gasteiger partial charge in [-0.3, -0.25) is 4.57 Å². The van der Waals surface area contributed by atoms with Gasteiger partial charge in [0.2, 0.25) is 0 Å². The highest BCUT2D eigenvalue weighted by atomic mass is 16.5. The predicted octanol–water partition coefficient (Wildman–Crippen LogP) is 3.00. The molecule has 0 saturated heterocycles. The summed E-state index contributed by atoms with van der Waals surface area (Å²) in [6, 6.07) is 8.35. The van der Waals surface area contributed by atoms with E-state index in [0.717, 1.165) is 16.7 Å². The maximum absolute atomic E-state index is 13.4. The zero-order chi connectivity index (χ0) is 27.6. The minimum atomic E-state index is -0.659. The number of carbonyl (C=O) groups excluding carboxylic acids is 1. The number of ether oxygens (including phenoxy) is 4. The van der Waals surface area contributed by atoms with E-state index >= 15 is 0 Å². The van der Waals surface area contributed by atoms with Gasteiger partial charge in [0.05, 0.1) is 40.2 Å². The second-order valence-corrected chi connectivity index (χ2v) is 9.03. The molecule has 2 amide bonds. The average Bonchev–Trinajstić information content (AvgIpc) is 2.91. The molecule has 2 heterocycles. The van der Waals surface area contributed by atoms with Gasteiger partial charge >= 0.3 is 11.7 Å². The van der Waals surface area contributed by atoms with Crippen LogP contribution in [0, 0.1) is 6.92 Å². The highest BCUT2D eigenvalue weighted by Crippen LogP contribution is 2.44. The van der Waals surface area contributed by atoms with Crippen LogP contribution >= 0.6 is 0 Å². The van der Waals surface area contributed by atoms with Crippen LogP contribution in [-0.2, 0) is 13.0 Å². The van der Waals surface area contributed by atoms with Gasteiger partial charge in [0.25, 0.3) is 0 Å². The van der Waals surface area contributed by atoms with Crippen molar-refractivity contribution >= 4 is 17.5 Å². The van der Waals surface area contributed by atoms with Gasteiger partial charge in [0.1, 0.15) is 23.0 Å². The summed E-state index contributed by atoms with van der Waals surface area (Å²) in [6.07, 6.45) is 0.645. The van der Waals surface area contributed by atoms with E-state index in [1.807, 2.05) is 49.1 Å². The number of nitrogens with two attached hydrogens (primary N) is 1. The number of hydrogen-bond donors (Lipinski definition) is 2. The Morgan fingerprint density at radius 3 is 2.21 bits per heavy atom. The van der Waals surface area contributed by atoms with Gasteiger partial charge in [-0.2, -0.15) is 4.98 Å². The maximum atomic E-state index is 13.4. The molecular formula is C27H33N5O6. The van der Waals surface area contributed by atoms with Crippen LogP contribution in [0.1, 0.15) is 18.1 Å². The lowest BCUT2D eigenvalue weighted by Gasteiger charge is -2.33. The molecule has 0 saturated carbocycles. The summed E-state index contributed by atoms with van der Waals surface area (Å²) >= 11 is 0. The number of hydrogen-bond acceptors (Lipinski definition) is 8. The number of aromatic nitrogens is 2. The van der Waals surface area contributed by atoms with Crippen molar-refractivity contribution < 1.29 is 23.7 Å². The zero-order valence-electron chi connectivity index (χ0n) is 22.5. The summed E-state index contributed by atoms with van der Waals surface area (Å²) in [7, 11) is 6.29.